The molecule has 0 aromatic heterocycles. The van der Waals surface area contributed by atoms with Crippen LogP contribution in [0.1, 0.15) is 6.92 Å². The number of hydrogen-bond donors (Lipinski definition) is 0. The zero-order chi connectivity index (χ0) is 8.57. The van der Waals surface area contributed by atoms with Crippen molar-refractivity contribution in [1.29, 1.82) is 0 Å². The first-order valence-electron chi connectivity index (χ1n) is 3.33. The molecular formula is C6H16O2Si2. The first-order valence-corrected chi connectivity index (χ1v) is 10.4. The van der Waals surface area contributed by atoms with Crippen LogP contribution < -0.4 is 0 Å². The number of carbonyl (C=O) groups excluding carboxylic acids is 1. The maximum absolute atomic E-state index is 10.2. The SMILES string of the molecule is C=C(C)C(=O)OC.C[SiH2][SiH3]. The number of esters is 1. The van der Waals surface area contributed by atoms with Crippen LogP contribution in [0.4, 0.5) is 0 Å². The molecule has 0 saturated carbocycles. The Labute approximate surface area is 67.7 Å². The summed E-state index contributed by atoms with van der Waals surface area (Å²) in [5.74, 6) is -0.347. The second-order valence-corrected chi connectivity index (χ2v) is 7.64. The second-order valence-electron chi connectivity index (χ2n) is 1.98. The van der Waals surface area contributed by atoms with Crippen molar-refractivity contribution >= 4 is 24.8 Å². The first kappa shape index (κ1) is 12.3. The van der Waals surface area contributed by atoms with Crippen molar-refractivity contribution in [3.8, 4) is 0 Å². The Morgan fingerprint density at radius 3 is 2.00 bits per heavy atom. The van der Waals surface area contributed by atoms with Crippen LogP contribution >= 0.6 is 0 Å². The van der Waals surface area contributed by atoms with Gasteiger partial charge < -0.3 is 4.74 Å². The van der Waals surface area contributed by atoms with Gasteiger partial charge in [0, 0.05) is 14.6 Å². The van der Waals surface area contributed by atoms with Crippen LogP contribution in [0, 0.1) is 0 Å². The van der Waals surface area contributed by atoms with E-state index >= 15 is 0 Å². The van der Waals surface area contributed by atoms with Crippen molar-refractivity contribution in [2.45, 2.75) is 13.5 Å². The van der Waals surface area contributed by atoms with Crippen molar-refractivity contribution in [1.82, 2.24) is 0 Å². The van der Waals surface area contributed by atoms with E-state index in [-0.39, 0.29) is 5.97 Å². The summed E-state index contributed by atoms with van der Waals surface area (Å²) in [6.07, 6.45) is 0. The van der Waals surface area contributed by atoms with Gasteiger partial charge in [-0.2, -0.15) is 0 Å². The van der Waals surface area contributed by atoms with E-state index in [0.717, 1.165) is 0 Å². The van der Waals surface area contributed by atoms with Crippen LogP contribution in [-0.2, 0) is 9.53 Å². The predicted octanol–water partition coefficient (Wildman–Crippen LogP) is -0.781. The summed E-state index contributed by atoms with van der Waals surface area (Å²) in [5.41, 5.74) is 0.433. The van der Waals surface area contributed by atoms with Gasteiger partial charge in [0.05, 0.1) is 7.11 Å². The lowest BCUT2D eigenvalue weighted by molar-refractivity contribution is -0.136. The Kier molecular flexibility index (Phi) is 10.7. The fraction of sp³-hybridized carbons (Fsp3) is 0.500. The zero-order valence-corrected chi connectivity index (χ0v) is 10.6. The van der Waals surface area contributed by atoms with E-state index < -0.39 is 0 Å². The minimum Gasteiger partial charge on any atom is -0.466 e. The van der Waals surface area contributed by atoms with E-state index in [1.54, 1.807) is 6.92 Å². The molecule has 0 aliphatic heterocycles. The van der Waals surface area contributed by atoms with Gasteiger partial charge in [0.25, 0.3) is 0 Å². The molecule has 0 N–H and O–H groups in total. The Bertz CT molecular complexity index is 112. The minimum absolute atomic E-state index is 0.347. The molecule has 0 unspecified atom stereocenters. The van der Waals surface area contributed by atoms with Crippen molar-refractivity contribution in [2.75, 3.05) is 7.11 Å². The number of ether oxygens (including phenoxy) is 1. The molecule has 0 heterocycles. The van der Waals surface area contributed by atoms with Crippen LogP contribution in [-0.4, -0.2) is 31.9 Å². The van der Waals surface area contributed by atoms with E-state index in [1.165, 1.54) is 16.9 Å². The van der Waals surface area contributed by atoms with E-state index in [0.29, 0.717) is 14.6 Å². The molecule has 0 amide bonds. The fourth-order valence-electron chi connectivity index (χ4n) is 0.174. The topological polar surface area (TPSA) is 26.3 Å². The number of methoxy groups -OCH3 is 1. The summed E-state index contributed by atoms with van der Waals surface area (Å²) in [7, 11) is 3.39. The van der Waals surface area contributed by atoms with E-state index in [4.69, 9.17) is 0 Å². The lowest BCUT2D eigenvalue weighted by Gasteiger charge is -1.91. The normalized spacial score (nSPS) is 8.70. The highest BCUT2D eigenvalue weighted by atomic mass is 29.1. The molecule has 10 heavy (non-hydrogen) atoms. The lowest BCUT2D eigenvalue weighted by Crippen LogP contribution is -1.98. The van der Waals surface area contributed by atoms with Crippen molar-refractivity contribution in [3.63, 3.8) is 0 Å². The van der Waals surface area contributed by atoms with Crippen LogP contribution in [0.5, 0.6) is 0 Å². The maximum Gasteiger partial charge on any atom is 0.332 e. The molecule has 0 rings (SSSR count). The average Bonchev–Trinajstić information content (AvgIpc) is 1.88. The van der Waals surface area contributed by atoms with Gasteiger partial charge in [0.15, 0.2) is 0 Å². The molecule has 60 valence electrons. The molecule has 0 fully saturated rings. The molecule has 0 aliphatic rings. The van der Waals surface area contributed by atoms with Crippen LogP contribution in [0.15, 0.2) is 12.2 Å². The molecular weight excluding hydrogens is 160 g/mol. The summed E-state index contributed by atoms with van der Waals surface area (Å²) in [5, 5.41) is 0. The van der Waals surface area contributed by atoms with Crippen molar-refractivity contribution < 1.29 is 9.53 Å². The highest BCUT2D eigenvalue weighted by molar-refractivity contribution is 6.88. The zero-order valence-electron chi connectivity index (χ0n) is 7.23. The Hall–Kier alpha value is -0.356. The minimum atomic E-state index is -0.347. The van der Waals surface area contributed by atoms with Gasteiger partial charge in [0.2, 0.25) is 0 Å². The number of rotatable bonds is 1. The largest absolute Gasteiger partial charge is 0.466 e. The number of carbonyl (C=O) groups is 1. The molecule has 0 atom stereocenters. The van der Waals surface area contributed by atoms with Crippen molar-refractivity contribution in [2.24, 2.45) is 0 Å². The third-order valence-corrected chi connectivity index (χ3v) is 0.534. The van der Waals surface area contributed by atoms with Crippen LogP contribution in [0.2, 0.25) is 6.55 Å². The Morgan fingerprint density at radius 1 is 1.70 bits per heavy atom. The lowest BCUT2D eigenvalue weighted by atomic mass is 10.4. The summed E-state index contributed by atoms with van der Waals surface area (Å²) in [4.78, 5) is 10.2. The molecule has 0 saturated heterocycles. The maximum atomic E-state index is 10.2. The summed E-state index contributed by atoms with van der Waals surface area (Å²) < 4.78 is 4.27. The molecule has 0 aromatic rings. The standard InChI is InChI=1S/C5H8O2.CH8Si2/c1-4(2)5(6)7-3;1-3-2/h1H2,2-3H3;3H2,1-2H3. The first-order chi connectivity index (χ1) is 4.59. The predicted molar refractivity (Wildman–Crippen MR) is 51.2 cm³/mol. The van der Waals surface area contributed by atoms with E-state index in [9.17, 15) is 4.79 Å². The summed E-state index contributed by atoms with van der Waals surface area (Å²) in [6, 6.07) is 0. The molecule has 0 spiro atoms. The van der Waals surface area contributed by atoms with Gasteiger partial charge >= 0.3 is 5.97 Å². The molecule has 0 aliphatic carbocycles. The van der Waals surface area contributed by atoms with Gasteiger partial charge in [-0.15, -0.1) is 0 Å². The summed E-state index contributed by atoms with van der Waals surface area (Å²) in [6.45, 7) is 7.28. The monoisotopic (exact) mass is 176 g/mol. The Balaban J connectivity index is 0. The van der Waals surface area contributed by atoms with E-state index in [2.05, 4.69) is 17.9 Å². The van der Waals surface area contributed by atoms with Gasteiger partial charge in [-0.05, 0) is 16.7 Å². The molecule has 2 nitrogen and oxygen atoms in total. The third kappa shape index (κ3) is 10.6. The summed E-state index contributed by atoms with van der Waals surface area (Å²) >= 11 is 0. The van der Waals surface area contributed by atoms with Crippen LogP contribution in [0.3, 0.4) is 0 Å². The third-order valence-electron chi connectivity index (χ3n) is 0.534. The quantitative estimate of drug-likeness (QED) is 0.298. The second kappa shape index (κ2) is 8.64. The Morgan fingerprint density at radius 2 is 2.00 bits per heavy atom. The van der Waals surface area contributed by atoms with Gasteiger partial charge in [0.1, 0.15) is 0 Å². The molecule has 0 bridgehead atoms. The average molecular weight is 176 g/mol. The van der Waals surface area contributed by atoms with Crippen LogP contribution in [0.25, 0.3) is 0 Å². The van der Waals surface area contributed by atoms with Gasteiger partial charge in [-0.3, -0.25) is 0 Å². The highest BCUT2D eigenvalue weighted by Crippen LogP contribution is 1.87. The van der Waals surface area contributed by atoms with Crippen molar-refractivity contribution in [3.05, 3.63) is 12.2 Å². The van der Waals surface area contributed by atoms with Gasteiger partial charge in [-0.1, -0.05) is 13.1 Å². The highest BCUT2D eigenvalue weighted by Gasteiger charge is 1.95. The molecule has 4 heteroatoms. The smallest absolute Gasteiger partial charge is 0.332 e. The number of hydrogen-bond acceptors (Lipinski definition) is 2. The fourth-order valence-corrected chi connectivity index (χ4v) is 0.174. The molecule has 0 radical (unpaired) electrons. The van der Waals surface area contributed by atoms with Gasteiger partial charge in [-0.25, -0.2) is 4.79 Å². The molecule has 0 aromatic carbocycles. The van der Waals surface area contributed by atoms with E-state index in [1.807, 2.05) is 0 Å².